The number of hydrogen-bond acceptors (Lipinski definition) is 2. The minimum absolute atomic E-state index is 0.0761. The van der Waals surface area contributed by atoms with E-state index in [0.29, 0.717) is 5.95 Å². The molecule has 0 aliphatic heterocycles. The molecule has 2 N–H and O–H groups in total. The van der Waals surface area contributed by atoms with Crippen LogP contribution in [-0.2, 0) is 25.3 Å². The number of benzene rings is 2. The fourth-order valence-corrected chi connectivity index (χ4v) is 3.88. The van der Waals surface area contributed by atoms with Crippen LogP contribution < -0.4 is 5.73 Å². The van der Waals surface area contributed by atoms with Crippen molar-refractivity contribution in [1.29, 1.82) is 0 Å². The maximum atomic E-state index is 6.03. The first-order valence-electron chi connectivity index (χ1n) is 8.11. The lowest BCUT2D eigenvalue weighted by Crippen LogP contribution is -2.28. The number of rotatable bonds is 3. The van der Waals surface area contributed by atoms with Crippen molar-refractivity contribution in [3.05, 3.63) is 83.2 Å². The Morgan fingerprint density at radius 2 is 1.83 bits per heavy atom. The average Bonchev–Trinajstić information content (AvgIpc) is 3.11. The standard InChI is InChI=1S/C20H21N3/c1-23-14-18(22-19(23)21)20(13-15-7-3-2-4-8-15)12-11-16-9-5-6-10-17(16)20/h2-10,14H,11-13H2,1H3,(H2,21,22). The topological polar surface area (TPSA) is 43.8 Å². The van der Waals surface area contributed by atoms with Crippen molar-refractivity contribution < 1.29 is 0 Å². The van der Waals surface area contributed by atoms with Gasteiger partial charge in [0.1, 0.15) is 0 Å². The summed E-state index contributed by atoms with van der Waals surface area (Å²) in [6, 6.07) is 19.5. The molecule has 1 unspecified atom stereocenters. The Labute approximate surface area is 136 Å². The number of nitrogens with zero attached hydrogens (tertiary/aromatic N) is 2. The van der Waals surface area contributed by atoms with Gasteiger partial charge in [0.2, 0.25) is 0 Å². The summed E-state index contributed by atoms with van der Waals surface area (Å²) in [4.78, 5) is 4.70. The Morgan fingerprint density at radius 1 is 1.09 bits per heavy atom. The number of nitrogen functional groups attached to an aromatic ring is 1. The van der Waals surface area contributed by atoms with E-state index in [1.165, 1.54) is 16.7 Å². The van der Waals surface area contributed by atoms with Gasteiger partial charge < -0.3 is 10.3 Å². The first-order chi connectivity index (χ1) is 11.2. The lowest BCUT2D eigenvalue weighted by atomic mass is 9.74. The predicted molar refractivity (Wildman–Crippen MR) is 93.3 cm³/mol. The van der Waals surface area contributed by atoms with E-state index in [-0.39, 0.29) is 5.41 Å². The summed E-state index contributed by atoms with van der Waals surface area (Å²) in [7, 11) is 1.96. The molecule has 0 spiro atoms. The van der Waals surface area contributed by atoms with Gasteiger partial charge in [-0.15, -0.1) is 0 Å². The molecule has 0 saturated carbocycles. The zero-order valence-corrected chi connectivity index (χ0v) is 13.4. The van der Waals surface area contributed by atoms with E-state index in [1.54, 1.807) is 0 Å². The highest BCUT2D eigenvalue weighted by atomic mass is 15.1. The van der Waals surface area contributed by atoms with E-state index in [2.05, 4.69) is 60.8 Å². The molecule has 1 heterocycles. The fraction of sp³-hybridized carbons (Fsp3) is 0.250. The van der Waals surface area contributed by atoms with Crippen molar-refractivity contribution in [2.24, 2.45) is 7.05 Å². The molecule has 4 rings (SSSR count). The fourth-order valence-electron chi connectivity index (χ4n) is 3.88. The third-order valence-electron chi connectivity index (χ3n) is 5.11. The third kappa shape index (κ3) is 2.24. The molecular formula is C20H21N3. The van der Waals surface area contributed by atoms with Crippen LogP contribution in [-0.4, -0.2) is 9.55 Å². The largest absolute Gasteiger partial charge is 0.369 e. The summed E-state index contributed by atoms with van der Waals surface area (Å²) in [6.07, 6.45) is 5.23. The Hall–Kier alpha value is -2.55. The summed E-state index contributed by atoms with van der Waals surface area (Å²) < 4.78 is 1.92. The van der Waals surface area contributed by atoms with Crippen molar-refractivity contribution in [2.45, 2.75) is 24.7 Å². The molecule has 1 aliphatic rings. The van der Waals surface area contributed by atoms with Gasteiger partial charge in [-0.25, -0.2) is 4.98 Å². The number of imidazole rings is 1. The average molecular weight is 303 g/mol. The Balaban J connectivity index is 1.88. The van der Waals surface area contributed by atoms with Crippen LogP contribution in [0, 0.1) is 0 Å². The molecule has 0 bridgehead atoms. The summed E-state index contributed by atoms with van der Waals surface area (Å²) in [6.45, 7) is 0. The van der Waals surface area contributed by atoms with Crippen molar-refractivity contribution in [3.8, 4) is 0 Å². The first-order valence-corrected chi connectivity index (χ1v) is 8.11. The first kappa shape index (κ1) is 14.1. The van der Waals surface area contributed by atoms with Crippen LogP contribution in [0.4, 0.5) is 5.95 Å². The number of anilines is 1. The molecule has 116 valence electrons. The van der Waals surface area contributed by atoms with E-state index in [1.807, 2.05) is 11.6 Å². The van der Waals surface area contributed by atoms with Crippen molar-refractivity contribution in [1.82, 2.24) is 9.55 Å². The number of nitrogens with two attached hydrogens (primary N) is 1. The van der Waals surface area contributed by atoms with E-state index in [4.69, 9.17) is 10.7 Å². The van der Waals surface area contributed by atoms with Gasteiger partial charge in [0.25, 0.3) is 0 Å². The Kier molecular flexibility index (Phi) is 3.22. The van der Waals surface area contributed by atoms with Gasteiger partial charge >= 0.3 is 0 Å². The number of hydrogen-bond donors (Lipinski definition) is 1. The van der Waals surface area contributed by atoms with Crippen LogP contribution in [0.2, 0.25) is 0 Å². The van der Waals surface area contributed by atoms with Crippen molar-refractivity contribution in [2.75, 3.05) is 5.73 Å². The van der Waals surface area contributed by atoms with Gasteiger partial charge in [0, 0.05) is 18.7 Å². The van der Waals surface area contributed by atoms with Gasteiger partial charge in [-0.1, -0.05) is 54.6 Å². The molecule has 23 heavy (non-hydrogen) atoms. The van der Waals surface area contributed by atoms with Crippen molar-refractivity contribution in [3.63, 3.8) is 0 Å². The summed E-state index contributed by atoms with van der Waals surface area (Å²) in [5.74, 6) is 0.580. The second kappa shape index (κ2) is 5.27. The highest BCUT2D eigenvalue weighted by Crippen LogP contribution is 2.46. The van der Waals surface area contributed by atoms with Crippen LogP contribution in [0.5, 0.6) is 0 Å². The maximum Gasteiger partial charge on any atom is 0.200 e. The Morgan fingerprint density at radius 3 is 2.57 bits per heavy atom. The quantitative estimate of drug-likeness (QED) is 0.805. The van der Waals surface area contributed by atoms with Crippen LogP contribution >= 0.6 is 0 Å². The number of fused-ring (bicyclic) bond motifs is 1. The third-order valence-corrected chi connectivity index (χ3v) is 5.11. The summed E-state index contributed by atoms with van der Waals surface area (Å²) in [5, 5.41) is 0. The highest BCUT2D eigenvalue weighted by Gasteiger charge is 2.42. The summed E-state index contributed by atoms with van der Waals surface area (Å²) in [5.41, 5.74) is 11.2. The lowest BCUT2D eigenvalue weighted by Gasteiger charge is -2.29. The van der Waals surface area contributed by atoms with E-state index < -0.39 is 0 Å². The molecular weight excluding hydrogens is 282 g/mol. The van der Waals surface area contributed by atoms with E-state index >= 15 is 0 Å². The van der Waals surface area contributed by atoms with Crippen LogP contribution in [0.15, 0.2) is 60.8 Å². The molecule has 1 atom stereocenters. The molecule has 2 aromatic carbocycles. The zero-order valence-electron chi connectivity index (χ0n) is 13.4. The number of aryl methyl sites for hydroxylation is 2. The molecule has 3 aromatic rings. The minimum Gasteiger partial charge on any atom is -0.369 e. The van der Waals surface area contributed by atoms with Gasteiger partial charge in [-0.2, -0.15) is 0 Å². The second-order valence-electron chi connectivity index (χ2n) is 6.50. The van der Waals surface area contributed by atoms with Gasteiger partial charge in [-0.3, -0.25) is 0 Å². The van der Waals surface area contributed by atoms with Gasteiger partial charge in [-0.05, 0) is 36.0 Å². The van der Waals surface area contributed by atoms with Crippen LogP contribution in [0.3, 0.4) is 0 Å². The van der Waals surface area contributed by atoms with Gasteiger partial charge in [0.15, 0.2) is 5.95 Å². The lowest BCUT2D eigenvalue weighted by molar-refractivity contribution is 0.494. The van der Waals surface area contributed by atoms with Gasteiger partial charge in [0.05, 0.1) is 5.69 Å². The van der Waals surface area contributed by atoms with E-state index in [9.17, 15) is 0 Å². The molecule has 1 aliphatic carbocycles. The van der Waals surface area contributed by atoms with Crippen molar-refractivity contribution >= 4 is 5.95 Å². The predicted octanol–water partition coefficient (Wildman–Crippen LogP) is 3.48. The molecule has 3 heteroatoms. The van der Waals surface area contributed by atoms with Crippen LogP contribution in [0.1, 0.15) is 28.8 Å². The monoisotopic (exact) mass is 303 g/mol. The highest BCUT2D eigenvalue weighted by molar-refractivity contribution is 5.48. The molecule has 1 aromatic heterocycles. The normalized spacial score (nSPS) is 19.7. The summed E-state index contributed by atoms with van der Waals surface area (Å²) >= 11 is 0. The molecule has 0 radical (unpaired) electrons. The second-order valence-corrected chi connectivity index (χ2v) is 6.50. The zero-order chi connectivity index (χ0) is 15.9. The molecule has 0 fully saturated rings. The Bertz CT molecular complexity index is 816. The molecule has 3 nitrogen and oxygen atoms in total. The maximum absolute atomic E-state index is 6.03. The number of aromatic nitrogens is 2. The smallest absolute Gasteiger partial charge is 0.200 e. The SMILES string of the molecule is Cn1cc(C2(Cc3ccccc3)CCc3ccccc32)nc1N. The minimum atomic E-state index is -0.0761. The molecule has 0 amide bonds. The molecule has 0 saturated heterocycles. The van der Waals surface area contributed by atoms with Crippen LogP contribution in [0.25, 0.3) is 0 Å². The van der Waals surface area contributed by atoms with E-state index in [0.717, 1.165) is 25.0 Å².